The van der Waals surface area contributed by atoms with Crippen molar-refractivity contribution in [1.82, 2.24) is 29.2 Å². The number of fused-ring (bicyclic) bond motifs is 2. The number of nitrogens with zero attached hydrogens (tertiary/aromatic N) is 6. The number of nitrogens with one attached hydrogen (secondary N) is 2. The molecular formula is C31H26B2N8O2S. The minimum Gasteiger partial charge on any atom is -0.340 e. The zero-order chi connectivity index (χ0) is 30.3. The first-order valence-corrected chi connectivity index (χ1v) is 15.6. The summed E-state index contributed by atoms with van der Waals surface area (Å²) in [6.07, 6.45) is 3.49. The molecule has 0 saturated heterocycles. The highest BCUT2D eigenvalue weighted by Gasteiger charge is 2.19. The predicted molar refractivity (Wildman–Crippen MR) is 178 cm³/mol. The van der Waals surface area contributed by atoms with E-state index < -0.39 is 10.0 Å². The van der Waals surface area contributed by atoms with Gasteiger partial charge in [-0.1, -0.05) is 67.5 Å². The third-order valence-electron chi connectivity index (χ3n) is 7.39. The fraction of sp³-hybridized carbons (Fsp3) is 0.0323. The lowest BCUT2D eigenvalue weighted by Crippen LogP contribution is -2.17. The smallest absolute Gasteiger partial charge is 0.263 e. The maximum atomic E-state index is 13.6. The normalized spacial score (nSPS) is 11.6. The third-order valence-corrected chi connectivity index (χ3v) is 8.76. The van der Waals surface area contributed by atoms with E-state index in [-0.39, 0.29) is 4.90 Å². The van der Waals surface area contributed by atoms with Crippen molar-refractivity contribution in [3.05, 3.63) is 109 Å². The molecule has 7 aromatic rings. The van der Waals surface area contributed by atoms with E-state index in [4.69, 9.17) is 9.97 Å². The number of hydrogen-bond acceptors (Lipinski definition) is 7. The summed E-state index contributed by atoms with van der Waals surface area (Å²) < 4.78 is 33.1. The van der Waals surface area contributed by atoms with Crippen molar-refractivity contribution >= 4 is 64.7 Å². The molecule has 0 aliphatic heterocycles. The van der Waals surface area contributed by atoms with Crippen LogP contribution in [-0.4, -0.2) is 52.7 Å². The van der Waals surface area contributed by atoms with Crippen molar-refractivity contribution < 1.29 is 8.42 Å². The number of benzene rings is 3. The van der Waals surface area contributed by atoms with E-state index in [2.05, 4.69) is 27.1 Å². The Bertz CT molecular complexity index is 2240. The van der Waals surface area contributed by atoms with Crippen LogP contribution in [0.3, 0.4) is 0 Å². The summed E-state index contributed by atoms with van der Waals surface area (Å²) in [7, 11) is -1.27. The second-order valence-electron chi connectivity index (χ2n) is 10.4. The summed E-state index contributed by atoms with van der Waals surface area (Å²) in [5.41, 5.74) is 7.23. The Morgan fingerprint density at radius 2 is 1.30 bits per heavy atom. The van der Waals surface area contributed by atoms with Crippen molar-refractivity contribution in [3.8, 4) is 22.5 Å². The highest BCUT2D eigenvalue weighted by atomic mass is 32.2. The van der Waals surface area contributed by atoms with Crippen LogP contribution in [-0.2, 0) is 10.0 Å². The molecule has 10 nitrogen and oxygen atoms in total. The molecule has 0 saturated carbocycles. The van der Waals surface area contributed by atoms with Gasteiger partial charge in [0.2, 0.25) is 0 Å². The molecule has 4 aromatic heterocycles. The van der Waals surface area contributed by atoms with Crippen LogP contribution in [0.15, 0.2) is 114 Å². The third kappa shape index (κ3) is 5.07. The molecule has 3 aromatic carbocycles. The topological polar surface area (TPSA) is 119 Å². The SMILES string of the molecule is Bc1cnn2c(NS(=O)(=O)c3ccc(Nc4cc(-c5ccccc5)nc5c(BC)cnn45)cc3)cc(-c3ccccc3)nc12. The Hall–Kier alpha value is -5.42. The Labute approximate surface area is 255 Å². The summed E-state index contributed by atoms with van der Waals surface area (Å²) in [4.78, 5) is 9.70. The zero-order valence-corrected chi connectivity index (χ0v) is 24.8. The summed E-state index contributed by atoms with van der Waals surface area (Å²) in [6, 6.07) is 29.8. The molecule has 4 heterocycles. The average Bonchev–Trinajstić information content (AvgIpc) is 3.65. The summed E-state index contributed by atoms with van der Waals surface area (Å²) in [5.74, 6) is 1.01. The van der Waals surface area contributed by atoms with Crippen LogP contribution in [0.1, 0.15) is 0 Å². The molecule has 0 spiro atoms. The van der Waals surface area contributed by atoms with Crippen molar-refractivity contribution in [1.29, 1.82) is 0 Å². The number of anilines is 3. The van der Waals surface area contributed by atoms with Gasteiger partial charge in [0.1, 0.15) is 19.5 Å². The monoisotopic (exact) mass is 596 g/mol. The van der Waals surface area contributed by atoms with Gasteiger partial charge in [0.05, 0.1) is 16.3 Å². The molecule has 0 fully saturated rings. The van der Waals surface area contributed by atoms with Crippen molar-refractivity contribution in [2.75, 3.05) is 10.0 Å². The van der Waals surface area contributed by atoms with E-state index in [0.717, 1.165) is 40.7 Å². The Morgan fingerprint density at radius 3 is 1.93 bits per heavy atom. The number of hydrogen-bond donors (Lipinski definition) is 2. The van der Waals surface area contributed by atoms with Crippen LogP contribution in [0, 0.1) is 0 Å². The van der Waals surface area contributed by atoms with Crippen LogP contribution in [0.2, 0.25) is 6.82 Å². The zero-order valence-electron chi connectivity index (χ0n) is 24.0. The summed E-state index contributed by atoms with van der Waals surface area (Å²) in [5, 5.41) is 12.3. The second kappa shape index (κ2) is 11.0. The molecule has 2 N–H and O–H groups in total. The Kier molecular flexibility index (Phi) is 6.86. The standard InChI is InChI=1S/C31H26B2N8O2S/c1-33-25-19-35-40-28(16-26(38-31(25)40)20-8-4-2-5-9-20)36-22-12-14-23(15-13-22)44(42,43)39-29-17-27(21-10-6-3-7-11-21)37-30-24(32)18-34-41(29)30/h2-19,33,36,39H,32H2,1H3. The van der Waals surface area contributed by atoms with Crippen molar-refractivity contribution in [2.45, 2.75) is 11.7 Å². The van der Waals surface area contributed by atoms with Gasteiger partial charge < -0.3 is 5.32 Å². The second-order valence-corrected chi connectivity index (χ2v) is 12.0. The quantitative estimate of drug-likeness (QED) is 0.259. The van der Waals surface area contributed by atoms with Gasteiger partial charge in [-0.3, -0.25) is 4.72 Å². The van der Waals surface area contributed by atoms with E-state index >= 15 is 0 Å². The van der Waals surface area contributed by atoms with E-state index in [1.807, 2.05) is 80.8 Å². The van der Waals surface area contributed by atoms with Crippen LogP contribution in [0.4, 0.5) is 17.3 Å². The maximum Gasteiger partial charge on any atom is 0.263 e. The number of sulfonamides is 1. The molecule has 0 aliphatic carbocycles. The van der Waals surface area contributed by atoms with Crippen LogP contribution in [0.25, 0.3) is 33.8 Å². The van der Waals surface area contributed by atoms with Gasteiger partial charge in [-0.15, -0.1) is 0 Å². The number of aromatic nitrogens is 6. The summed E-state index contributed by atoms with van der Waals surface area (Å²) in [6.45, 7) is 2.07. The molecule has 0 radical (unpaired) electrons. The fourth-order valence-corrected chi connectivity index (χ4v) is 6.10. The lowest BCUT2D eigenvalue weighted by atomic mass is 9.75. The van der Waals surface area contributed by atoms with E-state index in [0.29, 0.717) is 28.7 Å². The van der Waals surface area contributed by atoms with E-state index in [1.54, 1.807) is 41.0 Å². The van der Waals surface area contributed by atoms with Crippen molar-refractivity contribution in [2.24, 2.45) is 0 Å². The minimum atomic E-state index is -3.96. The van der Waals surface area contributed by atoms with Gasteiger partial charge in [-0.2, -0.15) is 19.2 Å². The first-order chi connectivity index (χ1) is 21.4. The van der Waals surface area contributed by atoms with Crippen molar-refractivity contribution in [3.63, 3.8) is 0 Å². The predicted octanol–water partition coefficient (Wildman–Crippen LogP) is 3.02. The molecular weight excluding hydrogens is 570 g/mol. The molecule has 44 heavy (non-hydrogen) atoms. The first-order valence-electron chi connectivity index (χ1n) is 14.1. The van der Waals surface area contributed by atoms with Gasteiger partial charge in [-0.25, -0.2) is 18.4 Å². The Morgan fingerprint density at radius 1 is 0.727 bits per heavy atom. The maximum absolute atomic E-state index is 13.6. The number of rotatable bonds is 8. The largest absolute Gasteiger partial charge is 0.340 e. The lowest BCUT2D eigenvalue weighted by molar-refractivity contribution is 0.601. The van der Waals surface area contributed by atoms with Gasteiger partial charge in [-0.05, 0) is 35.2 Å². The average molecular weight is 596 g/mol. The molecule has 0 amide bonds. The van der Waals surface area contributed by atoms with Crippen LogP contribution in [0.5, 0.6) is 0 Å². The molecule has 0 unspecified atom stereocenters. The molecule has 13 heteroatoms. The van der Waals surface area contributed by atoms with Crippen LogP contribution < -0.4 is 21.0 Å². The molecule has 0 bridgehead atoms. The highest BCUT2D eigenvalue weighted by Crippen LogP contribution is 2.27. The van der Waals surface area contributed by atoms with Gasteiger partial charge >= 0.3 is 0 Å². The minimum absolute atomic E-state index is 0.107. The molecule has 7 rings (SSSR count). The lowest BCUT2D eigenvalue weighted by Gasteiger charge is -2.13. The van der Waals surface area contributed by atoms with Gasteiger partial charge in [0.25, 0.3) is 10.0 Å². The Balaban J connectivity index is 1.20. The van der Waals surface area contributed by atoms with Gasteiger partial charge in [0.15, 0.2) is 18.6 Å². The highest BCUT2D eigenvalue weighted by molar-refractivity contribution is 7.92. The van der Waals surface area contributed by atoms with Crippen LogP contribution >= 0.6 is 0 Å². The fourth-order valence-electron chi connectivity index (χ4n) is 5.07. The summed E-state index contributed by atoms with van der Waals surface area (Å²) >= 11 is 0. The first kappa shape index (κ1) is 27.4. The van der Waals surface area contributed by atoms with E-state index in [1.165, 1.54) is 4.52 Å². The van der Waals surface area contributed by atoms with E-state index in [9.17, 15) is 8.42 Å². The van der Waals surface area contributed by atoms with Gasteiger partial charge in [0, 0.05) is 41.3 Å². The molecule has 0 atom stereocenters. The molecule has 0 aliphatic rings. The molecule has 214 valence electrons.